The van der Waals surface area contributed by atoms with Crippen molar-refractivity contribution in [1.82, 2.24) is 0 Å². The Morgan fingerprint density at radius 3 is 1.60 bits per heavy atom. The maximum Gasteiger partial charge on any atom is 1.00 e. The van der Waals surface area contributed by atoms with E-state index in [0.717, 1.165) is 19.3 Å². The molecule has 0 bridgehead atoms. The van der Waals surface area contributed by atoms with Gasteiger partial charge < -0.3 is 9.66 Å². The molecule has 146 valence electrons. The Morgan fingerprint density at radius 2 is 1.16 bits per heavy atom. The molecule has 0 saturated heterocycles. The first-order valence-corrected chi connectivity index (χ1v) is 11.5. The molecule has 0 aliphatic carbocycles. The zero-order valence-electron chi connectivity index (χ0n) is 16.8. The van der Waals surface area contributed by atoms with Gasteiger partial charge in [0.25, 0.3) is 0 Å². The maximum atomic E-state index is 11.0. The Kier molecular flexibility index (Phi) is 20.5. The van der Waals surface area contributed by atoms with Crippen molar-refractivity contribution in [2.75, 3.05) is 0 Å². The molecule has 0 aromatic rings. The largest absolute Gasteiger partial charge is 1.00 e. The number of aliphatic hydroxyl groups excluding tert-OH is 1. The molecule has 0 aliphatic rings. The second-order valence-electron chi connectivity index (χ2n) is 7.08. The molecular weight excluding hydrogens is 347 g/mol. The molecule has 0 fully saturated rings. The normalized spacial score (nSPS) is 14.1. The summed E-state index contributed by atoms with van der Waals surface area (Å²) >= 11 is 0. The third-order valence-corrected chi connectivity index (χ3v) is 6.20. The van der Waals surface area contributed by atoms with Gasteiger partial charge in [0.2, 0.25) is 0 Å². The Balaban J connectivity index is 0. The van der Waals surface area contributed by atoms with Gasteiger partial charge in [-0.2, -0.15) is 0 Å². The zero-order valence-corrected chi connectivity index (χ0v) is 19.7. The first-order chi connectivity index (χ1) is 11.4. The minimum atomic E-state index is -4.16. The van der Waals surface area contributed by atoms with Crippen LogP contribution in [0.3, 0.4) is 0 Å². The molecule has 0 radical (unpaired) electrons. The Hall–Kier alpha value is 0.870. The van der Waals surface area contributed by atoms with Gasteiger partial charge in [-0.25, -0.2) is 8.42 Å². The maximum absolute atomic E-state index is 11.0. The van der Waals surface area contributed by atoms with Crippen LogP contribution in [0.15, 0.2) is 0 Å². The van der Waals surface area contributed by atoms with Crippen LogP contribution in [0.5, 0.6) is 0 Å². The van der Waals surface area contributed by atoms with Crippen LogP contribution in [0.25, 0.3) is 0 Å². The SMILES string of the molecule is CCCCCCCCCCCC(O)CCCCC(CC)S(=O)(=O)[O-].[Na+]. The fourth-order valence-electron chi connectivity index (χ4n) is 3.14. The predicted octanol–water partition coefficient (Wildman–Crippen LogP) is 2.16. The molecule has 0 amide bonds. The number of aliphatic hydroxyl groups is 1. The summed E-state index contributed by atoms with van der Waals surface area (Å²) in [4.78, 5) is 0. The molecule has 0 heterocycles. The molecule has 2 atom stereocenters. The van der Waals surface area contributed by atoms with Crippen molar-refractivity contribution in [2.24, 2.45) is 0 Å². The van der Waals surface area contributed by atoms with E-state index in [-0.39, 0.29) is 35.7 Å². The molecule has 0 aliphatic heterocycles. The van der Waals surface area contributed by atoms with E-state index in [4.69, 9.17) is 0 Å². The quantitative estimate of drug-likeness (QED) is 0.236. The Labute approximate surface area is 178 Å². The van der Waals surface area contributed by atoms with Crippen LogP contribution in [-0.4, -0.2) is 29.4 Å². The molecule has 0 aromatic carbocycles. The third kappa shape index (κ3) is 18.0. The monoisotopic (exact) mass is 386 g/mol. The Bertz CT molecular complexity index is 374. The average molecular weight is 387 g/mol. The molecule has 2 unspecified atom stereocenters. The molecule has 4 nitrogen and oxygen atoms in total. The van der Waals surface area contributed by atoms with E-state index in [1.54, 1.807) is 6.92 Å². The van der Waals surface area contributed by atoms with Crippen molar-refractivity contribution in [2.45, 2.75) is 122 Å². The summed E-state index contributed by atoms with van der Waals surface area (Å²) in [6, 6.07) is 0. The van der Waals surface area contributed by atoms with Gasteiger partial charge in [0.05, 0.1) is 16.2 Å². The summed E-state index contributed by atoms with van der Waals surface area (Å²) in [5.74, 6) is 0. The van der Waals surface area contributed by atoms with Crippen LogP contribution in [0.4, 0.5) is 0 Å². The Morgan fingerprint density at radius 1 is 0.760 bits per heavy atom. The first kappa shape index (κ1) is 28.1. The summed E-state index contributed by atoms with van der Waals surface area (Å²) in [5.41, 5.74) is 0. The van der Waals surface area contributed by atoms with Gasteiger partial charge in [0.15, 0.2) is 0 Å². The van der Waals surface area contributed by atoms with E-state index < -0.39 is 15.4 Å². The van der Waals surface area contributed by atoms with Gasteiger partial charge >= 0.3 is 29.6 Å². The van der Waals surface area contributed by atoms with Crippen LogP contribution in [-0.2, 0) is 10.1 Å². The molecule has 1 N–H and O–H groups in total. The molecule has 0 aromatic heterocycles. The predicted molar refractivity (Wildman–Crippen MR) is 100 cm³/mol. The zero-order chi connectivity index (χ0) is 18.3. The first-order valence-electron chi connectivity index (χ1n) is 10.0. The third-order valence-electron chi connectivity index (χ3n) is 4.82. The number of hydrogen-bond acceptors (Lipinski definition) is 4. The van der Waals surface area contributed by atoms with E-state index in [1.807, 2.05) is 0 Å². The van der Waals surface area contributed by atoms with Crippen molar-refractivity contribution in [3.63, 3.8) is 0 Å². The van der Waals surface area contributed by atoms with E-state index in [0.29, 0.717) is 25.7 Å². The van der Waals surface area contributed by atoms with Gasteiger partial charge in [-0.15, -0.1) is 0 Å². The number of hydrogen-bond donors (Lipinski definition) is 1. The van der Waals surface area contributed by atoms with Crippen LogP contribution in [0.2, 0.25) is 0 Å². The van der Waals surface area contributed by atoms with Crippen LogP contribution < -0.4 is 29.6 Å². The van der Waals surface area contributed by atoms with Crippen LogP contribution >= 0.6 is 0 Å². The fraction of sp³-hybridized carbons (Fsp3) is 1.00. The van der Waals surface area contributed by atoms with Gasteiger partial charge in [-0.1, -0.05) is 84.5 Å². The summed E-state index contributed by atoms with van der Waals surface area (Å²) in [5, 5.41) is 9.19. The van der Waals surface area contributed by atoms with Crippen molar-refractivity contribution in [1.29, 1.82) is 0 Å². The molecule has 6 heteroatoms. The van der Waals surface area contributed by atoms with Crippen molar-refractivity contribution < 1.29 is 47.6 Å². The smallest absolute Gasteiger partial charge is 0.748 e. The summed E-state index contributed by atoms with van der Waals surface area (Å²) in [6.45, 7) is 3.97. The summed E-state index contributed by atoms with van der Waals surface area (Å²) in [7, 11) is -4.16. The average Bonchev–Trinajstić information content (AvgIpc) is 2.52. The van der Waals surface area contributed by atoms with Gasteiger partial charge in [0, 0.05) is 5.25 Å². The van der Waals surface area contributed by atoms with E-state index >= 15 is 0 Å². The number of rotatable bonds is 17. The molecule has 25 heavy (non-hydrogen) atoms. The van der Waals surface area contributed by atoms with Gasteiger partial charge in [-0.3, -0.25) is 0 Å². The topological polar surface area (TPSA) is 77.4 Å². The molecule has 0 saturated carbocycles. The van der Waals surface area contributed by atoms with E-state index in [2.05, 4.69) is 6.92 Å². The van der Waals surface area contributed by atoms with Gasteiger partial charge in [0.1, 0.15) is 0 Å². The molecule has 0 spiro atoms. The fourth-order valence-corrected chi connectivity index (χ4v) is 4.00. The number of unbranched alkanes of at least 4 members (excludes halogenated alkanes) is 9. The van der Waals surface area contributed by atoms with Crippen LogP contribution in [0, 0.1) is 0 Å². The minimum Gasteiger partial charge on any atom is -0.748 e. The van der Waals surface area contributed by atoms with E-state index in [1.165, 1.54) is 51.4 Å². The van der Waals surface area contributed by atoms with Crippen molar-refractivity contribution in [3.8, 4) is 0 Å². The van der Waals surface area contributed by atoms with Crippen LogP contribution in [0.1, 0.15) is 110 Å². The van der Waals surface area contributed by atoms with Crippen molar-refractivity contribution >= 4 is 10.1 Å². The standard InChI is InChI=1S/C19H40O4S.Na/c1-3-5-6-7-8-9-10-11-12-15-18(20)16-13-14-17-19(4-2)24(21,22)23;/h18-20H,3-17H2,1-2H3,(H,21,22,23);/q;+1/p-1. The van der Waals surface area contributed by atoms with Gasteiger partial charge in [-0.05, 0) is 25.7 Å². The second-order valence-corrected chi connectivity index (χ2v) is 8.73. The minimum absolute atomic E-state index is 0. The summed E-state index contributed by atoms with van der Waals surface area (Å²) < 4.78 is 33.0. The molecule has 0 rings (SSSR count). The summed E-state index contributed by atoms with van der Waals surface area (Å²) in [6.07, 6.45) is 15.1. The van der Waals surface area contributed by atoms with E-state index in [9.17, 15) is 18.1 Å². The molecular formula is C19H39NaO4S. The second kappa shape index (κ2) is 18.2. The van der Waals surface area contributed by atoms with Crippen molar-refractivity contribution in [3.05, 3.63) is 0 Å².